The Morgan fingerprint density at radius 2 is 0.857 bits per heavy atom. The summed E-state index contributed by atoms with van der Waals surface area (Å²) in [6, 6.07) is 46.8. The van der Waals surface area contributed by atoms with E-state index in [9.17, 15) is 0 Å². The van der Waals surface area contributed by atoms with Gasteiger partial charge in [-0.2, -0.15) is 0 Å². The fourth-order valence-corrected chi connectivity index (χ4v) is 8.24. The van der Waals surface area contributed by atoms with Crippen molar-refractivity contribution in [2.45, 2.75) is 0 Å². The molecule has 12 aromatic rings. The Morgan fingerprint density at radius 1 is 0.339 bits per heavy atom. The first-order valence-corrected chi connectivity index (χ1v) is 18.3. The lowest BCUT2D eigenvalue weighted by Crippen LogP contribution is -2.00. The van der Waals surface area contributed by atoms with Gasteiger partial charge in [-0.25, -0.2) is 15.0 Å². The lowest BCUT2D eigenvalue weighted by molar-refractivity contribution is 0.668. The van der Waals surface area contributed by atoms with E-state index in [0.717, 1.165) is 38.3 Å². The third kappa shape index (κ3) is 4.71. The van der Waals surface area contributed by atoms with E-state index in [4.69, 9.17) is 30.6 Å². The largest absolute Gasteiger partial charge is 0.456 e. The van der Waals surface area contributed by atoms with Crippen molar-refractivity contribution in [2.24, 2.45) is 0 Å². The average Bonchev–Trinajstić information content (AvgIpc) is 3.88. The SMILES string of the molecule is [2H]c1c([2H])c([2H])c(-c2nc(-c3ccc4c(c3)oc3ccccc34)nc(-c3cccc4oc5ccc(-c6ccc7c8ccccc8c8ccccc8c7c6)cc5c34)n2)c([2H])c1[2H]. The van der Waals surface area contributed by atoms with Crippen LogP contribution in [0.15, 0.2) is 185 Å². The maximum absolute atomic E-state index is 8.84. The van der Waals surface area contributed by atoms with Gasteiger partial charge >= 0.3 is 0 Å². The Balaban J connectivity index is 1.08. The van der Waals surface area contributed by atoms with Crippen LogP contribution in [0, 0.1) is 0 Å². The van der Waals surface area contributed by atoms with E-state index in [1.54, 1.807) is 0 Å². The number of benzene rings is 9. The van der Waals surface area contributed by atoms with E-state index in [1.165, 1.54) is 32.3 Å². The zero-order valence-electron chi connectivity index (χ0n) is 34.5. The summed E-state index contributed by atoms with van der Waals surface area (Å²) in [5.74, 6) is 0.443. The summed E-state index contributed by atoms with van der Waals surface area (Å²) in [5, 5.41) is 10.7. The Kier molecular flexibility index (Phi) is 5.58. The minimum absolute atomic E-state index is 0.0527. The van der Waals surface area contributed by atoms with Crippen molar-refractivity contribution in [1.82, 2.24) is 15.0 Å². The first kappa shape index (κ1) is 26.2. The molecule has 0 saturated heterocycles. The van der Waals surface area contributed by atoms with Crippen molar-refractivity contribution in [3.8, 4) is 45.3 Å². The zero-order chi connectivity index (χ0) is 41.1. The van der Waals surface area contributed by atoms with Gasteiger partial charge in [0.05, 0.1) is 6.85 Å². The average molecular weight is 721 g/mol. The molecule has 0 aliphatic carbocycles. The highest BCUT2D eigenvalue weighted by Crippen LogP contribution is 2.41. The molecule has 12 rings (SSSR count). The molecule has 0 spiro atoms. The molecule has 0 unspecified atom stereocenters. The number of nitrogens with zero attached hydrogens (tertiary/aromatic N) is 3. The predicted octanol–water partition coefficient (Wildman–Crippen LogP) is 13.8. The monoisotopic (exact) mass is 720 g/mol. The fourth-order valence-electron chi connectivity index (χ4n) is 8.24. The minimum Gasteiger partial charge on any atom is -0.456 e. The summed E-state index contributed by atoms with van der Waals surface area (Å²) in [7, 11) is 0. The second-order valence-corrected chi connectivity index (χ2v) is 14.0. The minimum atomic E-state index is -0.498. The molecule has 0 aliphatic rings. The van der Waals surface area contributed by atoms with Gasteiger partial charge in [-0.05, 0) is 85.9 Å². The fraction of sp³-hybridized carbons (Fsp3) is 0. The van der Waals surface area contributed by atoms with Crippen LogP contribution in [0.5, 0.6) is 0 Å². The molecule has 0 N–H and O–H groups in total. The summed E-state index contributed by atoms with van der Waals surface area (Å²) in [6.07, 6.45) is 0. The van der Waals surface area contributed by atoms with Gasteiger partial charge in [0.15, 0.2) is 17.5 Å². The van der Waals surface area contributed by atoms with Crippen LogP contribution in [-0.4, -0.2) is 15.0 Å². The molecule has 3 aromatic heterocycles. The van der Waals surface area contributed by atoms with Crippen molar-refractivity contribution >= 4 is 76.2 Å². The standard InChI is InChI=1S/C51H29N3O2/c1-2-11-30(12-3-1)49-52-50(33-22-25-40-39-17-8-9-19-44(39)56-47(40)29-33)54-51(53-49)41-18-10-20-46-48(41)43-28-32(23-26-45(43)55-46)31-21-24-38-36-15-5-4-13-34(36)35-14-6-7-16-37(35)42(38)27-31/h1-29H/i1D,2D,3D,11D,12D. The van der Waals surface area contributed by atoms with Crippen molar-refractivity contribution in [3.05, 3.63) is 176 Å². The van der Waals surface area contributed by atoms with Crippen LogP contribution in [0.2, 0.25) is 0 Å². The van der Waals surface area contributed by atoms with E-state index in [0.29, 0.717) is 27.9 Å². The molecule has 0 atom stereocenters. The number of fused-ring (bicyclic) bond motifs is 12. The molecule has 5 nitrogen and oxygen atoms in total. The second-order valence-electron chi connectivity index (χ2n) is 14.0. The molecule has 5 heteroatoms. The van der Waals surface area contributed by atoms with Crippen LogP contribution in [0.1, 0.15) is 6.85 Å². The van der Waals surface area contributed by atoms with Gasteiger partial charge in [-0.15, -0.1) is 0 Å². The van der Waals surface area contributed by atoms with E-state index in [1.807, 2.05) is 66.7 Å². The molecular weight excluding hydrogens is 687 g/mol. The summed E-state index contributed by atoms with van der Waals surface area (Å²) in [6.45, 7) is 0. The van der Waals surface area contributed by atoms with E-state index in [-0.39, 0.29) is 23.0 Å². The molecule has 0 aliphatic heterocycles. The van der Waals surface area contributed by atoms with Gasteiger partial charge in [-0.3, -0.25) is 0 Å². The van der Waals surface area contributed by atoms with E-state index < -0.39 is 30.2 Å². The summed E-state index contributed by atoms with van der Waals surface area (Å²) < 4.78 is 55.5. The molecule has 9 aromatic carbocycles. The lowest BCUT2D eigenvalue weighted by Gasteiger charge is -2.12. The molecule has 0 fully saturated rings. The first-order chi connectivity index (χ1) is 29.8. The van der Waals surface area contributed by atoms with Crippen molar-refractivity contribution in [3.63, 3.8) is 0 Å². The van der Waals surface area contributed by atoms with Crippen LogP contribution >= 0.6 is 0 Å². The lowest BCUT2D eigenvalue weighted by atomic mass is 9.92. The number of hydrogen-bond donors (Lipinski definition) is 0. The normalized spacial score (nSPS) is 13.2. The summed E-state index contributed by atoms with van der Waals surface area (Å²) in [5.41, 5.74) is 5.84. The van der Waals surface area contributed by atoms with Crippen LogP contribution < -0.4 is 0 Å². The zero-order valence-corrected chi connectivity index (χ0v) is 29.5. The molecule has 0 amide bonds. The van der Waals surface area contributed by atoms with Crippen LogP contribution in [0.25, 0.3) is 121 Å². The molecule has 0 saturated carbocycles. The smallest absolute Gasteiger partial charge is 0.164 e. The Hall–Kier alpha value is -7.63. The van der Waals surface area contributed by atoms with Gasteiger partial charge in [0.2, 0.25) is 0 Å². The van der Waals surface area contributed by atoms with Gasteiger partial charge < -0.3 is 8.83 Å². The highest BCUT2D eigenvalue weighted by molar-refractivity contribution is 6.26. The second kappa shape index (κ2) is 11.9. The Labute approximate surface area is 327 Å². The third-order valence-corrected chi connectivity index (χ3v) is 10.8. The van der Waals surface area contributed by atoms with Crippen LogP contribution in [-0.2, 0) is 0 Å². The van der Waals surface area contributed by atoms with Gasteiger partial charge in [0.1, 0.15) is 22.3 Å². The Bertz CT molecular complexity index is 3790. The van der Waals surface area contributed by atoms with Gasteiger partial charge in [0, 0.05) is 38.2 Å². The number of para-hydroxylation sites is 1. The molecule has 0 bridgehead atoms. The number of furan rings is 2. The van der Waals surface area contributed by atoms with Crippen LogP contribution in [0.3, 0.4) is 0 Å². The molecule has 0 radical (unpaired) electrons. The first-order valence-electron chi connectivity index (χ1n) is 20.8. The Morgan fingerprint density at radius 3 is 1.62 bits per heavy atom. The van der Waals surface area contributed by atoms with Gasteiger partial charge in [0.25, 0.3) is 0 Å². The summed E-state index contributed by atoms with van der Waals surface area (Å²) >= 11 is 0. The van der Waals surface area contributed by atoms with Crippen LogP contribution in [0.4, 0.5) is 0 Å². The maximum Gasteiger partial charge on any atom is 0.164 e. The molecule has 3 heterocycles. The van der Waals surface area contributed by atoms with Gasteiger partial charge in [-0.1, -0.05) is 133 Å². The molecule has 260 valence electrons. The van der Waals surface area contributed by atoms with Crippen molar-refractivity contribution in [2.75, 3.05) is 0 Å². The number of rotatable bonds is 4. The number of aromatic nitrogens is 3. The molecular formula is C51H29N3O2. The predicted molar refractivity (Wildman–Crippen MR) is 229 cm³/mol. The summed E-state index contributed by atoms with van der Waals surface area (Å²) in [4.78, 5) is 14.7. The molecule has 56 heavy (non-hydrogen) atoms. The number of hydrogen-bond acceptors (Lipinski definition) is 5. The highest BCUT2D eigenvalue weighted by Gasteiger charge is 2.19. The quantitative estimate of drug-likeness (QED) is 0.169. The third-order valence-electron chi connectivity index (χ3n) is 10.8. The van der Waals surface area contributed by atoms with Crippen molar-refractivity contribution < 1.29 is 15.7 Å². The highest BCUT2D eigenvalue weighted by atomic mass is 16.3. The van der Waals surface area contributed by atoms with Crippen molar-refractivity contribution in [1.29, 1.82) is 0 Å². The van der Waals surface area contributed by atoms with E-state index in [2.05, 4.69) is 78.9 Å². The topological polar surface area (TPSA) is 65.0 Å². The van der Waals surface area contributed by atoms with E-state index >= 15 is 0 Å². The maximum atomic E-state index is 8.84.